The number of alkyl halides is 1. The molecule has 0 spiro atoms. The summed E-state index contributed by atoms with van der Waals surface area (Å²) >= 11 is 5.16. The monoisotopic (exact) mass is 341 g/mol. The predicted molar refractivity (Wildman–Crippen MR) is 84.8 cm³/mol. The maximum atomic E-state index is 11.8. The van der Waals surface area contributed by atoms with E-state index in [1.165, 1.54) is 19.3 Å². The summed E-state index contributed by atoms with van der Waals surface area (Å²) in [6.45, 7) is 0.838. The van der Waals surface area contributed by atoms with Crippen molar-refractivity contribution < 1.29 is 4.79 Å². The largest absolute Gasteiger partial charge is 0.355 e. The molecule has 1 fully saturated rings. The molecule has 1 N–H and O–H groups in total. The lowest BCUT2D eigenvalue weighted by atomic mass is 9.98. The van der Waals surface area contributed by atoms with Crippen LogP contribution in [0.5, 0.6) is 0 Å². The van der Waals surface area contributed by atoms with Crippen LogP contribution in [0.25, 0.3) is 0 Å². The minimum absolute atomic E-state index is 0.147. The molecule has 1 amide bonds. The predicted octanol–water partition coefficient (Wildman–Crippen LogP) is 3.71. The van der Waals surface area contributed by atoms with E-state index in [4.69, 9.17) is 0 Å². The van der Waals surface area contributed by atoms with E-state index in [0.717, 1.165) is 22.7 Å². The van der Waals surface area contributed by atoms with Crippen LogP contribution in [0.4, 0.5) is 0 Å². The zero-order valence-corrected chi connectivity index (χ0v) is 13.4. The smallest absolute Gasteiger partial charge is 0.230 e. The van der Waals surface area contributed by atoms with E-state index in [1.54, 1.807) is 11.8 Å². The zero-order chi connectivity index (χ0) is 13.5. The Morgan fingerprint density at radius 3 is 2.74 bits per heavy atom. The number of benzene rings is 1. The van der Waals surface area contributed by atoms with Gasteiger partial charge in [0.15, 0.2) is 0 Å². The third-order valence-electron chi connectivity index (χ3n) is 3.69. The molecule has 0 aliphatic heterocycles. The second-order valence-corrected chi connectivity index (χ2v) is 6.71. The van der Waals surface area contributed by atoms with Gasteiger partial charge in [-0.3, -0.25) is 4.79 Å². The summed E-state index contributed by atoms with van der Waals surface area (Å²) in [5.74, 6) is 2.05. The molecule has 0 heterocycles. The number of carbonyl (C=O) groups is 1. The highest BCUT2D eigenvalue weighted by atomic mass is 79.9. The number of nitrogens with one attached hydrogen (secondary N) is 1. The number of hydrogen-bond acceptors (Lipinski definition) is 2. The van der Waals surface area contributed by atoms with Crippen molar-refractivity contribution in [1.29, 1.82) is 0 Å². The highest BCUT2D eigenvalue weighted by Gasteiger charge is 2.26. The molecule has 0 bridgehead atoms. The van der Waals surface area contributed by atoms with E-state index in [-0.39, 0.29) is 5.91 Å². The van der Waals surface area contributed by atoms with Gasteiger partial charge < -0.3 is 5.32 Å². The van der Waals surface area contributed by atoms with Gasteiger partial charge in [0.1, 0.15) is 0 Å². The van der Waals surface area contributed by atoms with Crippen LogP contribution in [0.1, 0.15) is 19.3 Å². The first-order valence-electron chi connectivity index (χ1n) is 6.80. The highest BCUT2D eigenvalue weighted by Crippen LogP contribution is 2.32. The van der Waals surface area contributed by atoms with Crippen LogP contribution in [0, 0.1) is 11.8 Å². The molecule has 2 nitrogen and oxygen atoms in total. The fraction of sp³-hybridized carbons (Fsp3) is 0.533. The number of amides is 1. The van der Waals surface area contributed by atoms with Gasteiger partial charge in [-0.15, -0.1) is 11.8 Å². The van der Waals surface area contributed by atoms with Crippen LogP contribution in [0.3, 0.4) is 0 Å². The van der Waals surface area contributed by atoms with Crippen molar-refractivity contribution in [2.75, 3.05) is 17.6 Å². The normalized spacial score (nSPS) is 22.4. The second kappa shape index (κ2) is 7.95. The van der Waals surface area contributed by atoms with Crippen LogP contribution in [-0.2, 0) is 4.79 Å². The quantitative estimate of drug-likeness (QED) is 0.631. The lowest BCUT2D eigenvalue weighted by molar-refractivity contribution is -0.118. The van der Waals surface area contributed by atoms with Crippen LogP contribution in [0.2, 0.25) is 0 Å². The summed E-state index contributed by atoms with van der Waals surface area (Å²) in [6.07, 6.45) is 3.85. The van der Waals surface area contributed by atoms with Gasteiger partial charge in [-0.2, -0.15) is 0 Å². The second-order valence-electron chi connectivity index (χ2n) is 5.01. The molecule has 1 aromatic rings. The number of rotatable bonds is 6. The van der Waals surface area contributed by atoms with Crippen molar-refractivity contribution in [3.63, 3.8) is 0 Å². The van der Waals surface area contributed by atoms with E-state index in [0.29, 0.717) is 11.7 Å². The number of thioether (sulfide) groups is 1. The Balaban J connectivity index is 1.67. The maximum absolute atomic E-state index is 11.8. The molecule has 2 unspecified atom stereocenters. The Kier molecular flexibility index (Phi) is 6.24. The molecule has 4 heteroatoms. The minimum Gasteiger partial charge on any atom is -0.355 e. The highest BCUT2D eigenvalue weighted by molar-refractivity contribution is 9.09. The van der Waals surface area contributed by atoms with Crippen molar-refractivity contribution >= 4 is 33.6 Å². The first-order chi connectivity index (χ1) is 9.29. The Hall–Kier alpha value is -0.480. The molecular weight excluding hydrogens is 322 g/mol. The SMILES string of the molecule is O=C(CSc1ccccc1)NCC1CCCC1CBr. The van der Waals surface area contributed by atoms with Crippen molar-refractivity contribution in [3.05, 3.63) is 30.3 Å². The van der Waals surface area contributed by atoms with Crippen LogP contribution < -0.4 is 5.32 Å². The Morgan fingerprint density at radius 2 is 2.00 bits per heavy atom. The summed E-state index contributed by atoms with van der Waals surface area (Å²) in [4.78, 5) is 13.0. The van der Waals surface area contributed by atoms with Crippen molar-refractivity contribution in [3.8, 4) is 0 Å². The Labute approximate surface area is 127 Å². The van der Waals surface area contributed by atoms with Crippen molar-refractivity contribution in [2.24, 2.45) is 11.8 Å². The Morgan fingerprint density at radius 1 is 1.26 bits per heavy atom. The van der Waals surface area contributed by atoms with Gasteiger partial charge in [-0.1, -0.05) is 40.5 Å². The molecule has 0 radical (unpaired) electrons. The van der Waals surface area contributed by atoms with Gasteiger partial charge >= 0.3 is 0 Å². The van der Waals surface area contributed by atoms with Crippen molar-refractivity contribution in [1.82, 2.24) is 5.32 Å². The number of carbonyl (C=O) groups excluding carboxylic acids is 1. The fourth-order valence-electron chi connectivity index (χ4n) is 2.55. The summed E-state index contributed by atoms with van der Waals surface area (Å²) in [5.41, 5.74) is 0. The van der Waals surface area contributed by atoms with Crippen LogP contribution >= 0.6 is 27.7 Å². The summed E-state index contributed by atoms with van der Waals surface area (Å²) in [6, 6.07) is 10.1. The first-order valence-corrected chi connectivity index (χ1v) is 8.91. The molecule has 2 rings (SSSR count). The van der Waals surface area contributed by atoms with E-state index >= 15 is 0 Å². The fourth-order valence-corrected chi connectivity index (χ4v) is 4.15. The molecule has 0 saturated heterocycles. The summed E-state index contributed by atoms with van der Waals surface area (Å²) in [7, 11) is 0. The van der Waals surface area contributed by atoms with Gasteiger partial charge in [-0.25, -0.2) is 0 Å². The van der Waals surface area contributed by atoms with Gasteiger partial charge in [0.05, 0.1) is 5.75 Å². The molecule has 1 aliphatic carbocycles. The van der Waals surface area contributed by atoms with Gasteiger partial charge in [0.25, 0.3) is 0 Å². The minimum atomic E-state index is 0.147. The third kappa shape index (κ3) is 4.84. The molecule has 104 valence electrons. The van der Waals surface area contributed by atoms with Crippen LogP contribution in [0.15, 0.2) is 35.2 Å². The average molecular weight is 342 g/mol. The molecule has 0 aromatic heterocycles. The average Bonchev–Trinajstić information content (AvgIpc) is 2.91. The molecule has 1 aliphatic rings. The van der Waals surface area contributed by atoms with Gasteiger partial charge in [0, 0.05) is 16.8 Å². The maximum Gasteiger partial charge on any atom is 0.230 e. The standard InChI is InChI=1S/C15H20BrNOS/c16-9-12-5-4-6-13(12)10-17-15(18)11-19-14-7-2-1-3-8-14/h1-3,7-8,12-13H,4-6,9-11H2,(H,17,18). The molecule has 2 atom stereocenters. The summed E-state index contributed by atoms with van der Waals surface area (Å²) in [5, 5.41) is 4.14. The molecular formula is C15H20BrNOS. The third-order valence-corrected chi connectivity index (χ3v) is 5.53. The Bertz CT molecular complexity index is 398. The van der Waals surface area contributed by atoms with Crippen LogP contribution in [-0.4, -0.2) is 23.5 Å². The van der Waals surface area contributed by atoms with Crippen molar-refractivity contribution in [2.45, 2.75) is 24.2 Å². The molecule has 19 heavy (non-hydrogen) atoms. The van der Waals surface area contributed by atoms with E-state index < -0.39 is 0 Å². The lowest BCUT2D eigenvalue weighted by Gasteiger charge is -2.17. The zero-order valence-electron chi connectivity index (χ0n) is 11.0. The van der Waals surface area contributed by atoms with Gasteiger partial charge in [-0.05, 0) is 36.8 Å². The number of hydrogen-bond donors (Lipinski definition) is 1. The first kappa shape index (κ1) is 14.9. The van der Waals surface area contributed by atoms with E-state index in [1.807, 2.05) is 30.3 Å². The molecule has 1 aromatic carbocycles. The molecule has 1 saturated carbocycles. The lowest BCUT2D eigenvalue weighted by Crippen LogP contribution is -2.32. The topological polar surface area (TPSA) is 29.1 Å². The van der Waals surface area contributed by atoms with E-state index in [9.17, 15) is 4.79 Å². The number of halogens is 1. The van der Waals surface area contributed by atoms with Gasteiger partial charge in [0.2, 0.25) is 5.91 Å². The van der Waals surface area contributed by atoms with E-state index in [2.05, 4.69) is 21.2 Å². The summed E-state index contributed by atoms with van der Waals surface area (Å²) < 4.78 is 0.